The number of carbonyl (C=O) groups is 3. The Kier molecular flexibility index (Phi) is 8.18. The van der Waals surface area contributed by atoms with Crippen LogP contribution in [-0.4, -0.2) is 58.3 Å². The minimum atomic E-state index is -1.20. The van der Waals surface area contributed by atoms with Crippen LogP contribution in [0.3, 0.4) is 0 Å². The van der Waals surface area contributed by atoms with E-state index in [0.717, 1.165) is 29.7 Å². The van der Waals surface area contributed by atoms with Crippen molar-refractivity contribution in [1.29, 1.82) is 0 Å². The molecule has 0 aromatic heterocycles. The Morgan fingerprint density at radius 2 is 1.51 bits per heavy atom. The van der Waals surface area contributed by atoms with Gasteiger partial charge in [-0.3, -0.25) is 14.6 Å². The Balaban J connectivity index is 1.73. The molecule has 1 aromatic carbocycles. The van der Waals surface area contributed by atoms with Crippen molar-refractivity contribution >= 4 is 30.4 Å². The number of ether oxygens (including phenoxy) is 1. The predicted octanol–water partition coefficient (Wildman–Crippen LogP) is 3.49. The van der Waals surface area contributed by atoms with Crippen LogP contribution >= 0.6 is 0 Å². The normalized spacial score (nSPS) is 21.2. The third kappa shape index (κ3) is 6.36. The van der Waals surface area contributed by atoms with Crippen molar-refractivity contribution < 1.29 is 28.4 Å². The first-order chi connectivity index (χ1) is 17.0. The number of benzene rings is 1. The molecule has 1 aliphatic heterocycles. The van der Waals surface area contributed by atoms with Crippen LogP contribution in [0.15, 0.2) is 24.3 Å². The largest absolute Gasteiger partial charge is 0.494 e. The molecule has 1 aromatic rings. The number of hydrogen-bond acceptors (Lipinski definition) is 7. The summed E-state index contributed by atoms with van der Waals surface area (Å²) in [5.74, 6) is 5.44. The predicted molar refractivity (Wildman–Crippen MR) is 142 cm³/mol. The van der Waals surface area contributed by atoms with E-state index in [1.807, 2.05) is 27.7 Å². The fourth-order valence-corrected chi connectivity index (χ4v) is 4.62. The van der Waals surface area contributed by atoms with Crippen molar-refractivity contribution in [2.45, 2.75) is 116 Å². The van der Waals surface area contributed by atoms with Gasteiger partial charge in [0.05, 0.1) is 11.2 Å². The van der Waals surface area contributed by atoms with Gasteiger partial charge in [0.25, 0.3) is 5.91 Å². The van der Waals surface area contributed by atoms with Crippen molar-refractivity contribution in [1.82, 2.24) is 10.3 Å². The molecule has 0 bridgehead atoms. The van der Waals surface area contributed by atoms with Crippen molar-refractivity contribution in [2.75, 3.05) is 0 Å². The molecule has 10 heteroatoms. The number of carbonyl (C=O) groups excluding carboxylic acids is 3. The van der Waals surface area contributed by atoms with Gasteiger partial charge in [0.2, 0.25) is 0 Å². The summed E-state index contributed by atoms with van der Waals surface area (Å²) in [7, 11) is -0.538. The summed E-state index contributed by atoms with van der Waals surface area (Å²) in [5.41, 5.74) is -1.64. The number of Topliss-reactive ketones (excluding diaryl/α,β-unsaturated/α-hetero) is 1. The summed E-state index contributed by atoms with van der Waals surface area (Å²) >= 11 is 0. The molecule has 2 aliphatic rings. The van der Waals surface area contributed by atoms with Gasteiger partial charge >= 0.3 is 13.2 Å². The number of nitrogens with zero attached hydrogens (tertiary/aromatic N) is 1. The molecule has 9 nitrogen and oxygen atoms in total. The molecule has 1 heterocycles. The topological polar surface area (TPSA) is 120 Å². The lowest BCUT2D eigenvalue weighted by Gasteiger charge is -2.40. The first kappa shape index (κ1) is 29.1. The zero-order chi connectivity index (χ0) is 27.8. The molecular weight excluding hydrogens is 473 g/mol. The van der Waals surface area contributed by atoms with E-state index in [2.05, 4.69) is 5.32 Å². The number of hydrazine groups is 1. The molecular formula is C27H42BN3O6. The van der Waals surface area contributed by atoms with Gasteiger partial charge in [-0.25, -0.2) is 10.6 Å². The van der Waals surface area contributed by atoms with E-state index >= 15 is 0 Å². The second-order valence-corrected chi connectivity index (χ2v) is 12.2. The molecule has 3 N–H and O–H groups in total. The second kappa shape index (κ2) is 10.4. The van der Waals surface area contributed by atoms with Crippen LogP contribution in [-0.2, 0) is 18.8 Å². The van der Waals surface area contributed by atoms with E-state index in [0.29, 0.717) is 18.4 Å². The molecule has 0 spiro atoms. The van der Waals surface area contributed by atoms with Crippen molar-refractivity contribution in [3.05, 3.63) is 29.8 Å². The summed E-state index contributed by atoms with van der Waals surface area (Å²) in [6.07, 6.45) is 2.67. The molecule has 1 unspecified atom stereocenters. The van der Waals surface area contributed by atoms with E-state index < -0.39 is 47.5 Å². The summed E-state index contributed by atoms with van der Waals surface area (Å²) < 4.78 is 17.6. The van der Waals surface area contributed by atoms with Gasteiger partial charge in [0, 0.05) is 5.56 Å². The highest BCUT2D eigenvalue weighted by molar-refractivity contribution is 6.62. The highest BCUT2D eigenvalue weighted by atomic mass is 16.7. The molecule has 1 aliphatic carbocycles. The Hall–Kier alpha value is -2.43. The molecule has 204 valence electrons. The first-order valence-electron chi connectivity index (χ1n) is 13.1. The molecule has 2 amide bonds. The average molecular weight is 515 g/mol. The number of alkyl carbamates (subject to hydrolysis) is 1. The number of nitrogens with two attached hydrogens (primary N) is 1. The van der Waals surface area contributed by atoms with Gasteiger partial charge in [0.1, 0.15) is 17.2 Å². The van der Waals surface area contributed by atoms with Gasteiger partial charge < -0.3 is 19.4 Å². The lowest BCUT2D eigenvalue weighted by Crippen LogP contribution is -2.64. The molecule has 1 saturated heterocycles. The number of rotatable bonds is 6. The zero-order valence-corrected chi connectivity index (χ0v) is 23.5. The van der Waals surface area contributed by atoms with E-state index in [1.54, 1.807) is 52.0 Å². The van der Waals surface area contributed by atoms with Gasteiger partial charge in [-0.05, 0) is 73.7 Å². The van der Waals surface area contributed by atoms with Crippen LogP contribution in [0.25, 0.3) is 0 Å². The standard InChI is InChI=1S/C27H42BN3O6/c1-18(21(32)19-12-14-20(15-13-19)28-36-25(5,6)26(7,8)37-28)31(29)22(33)27(16-10-9-11-17-27)30-23(34)35-24(2,3)4/h12-15,18H,9-11,16-17,29H2,1-8H3,(H,30,34). The SMILES string of the molecule is CC(C(=O)c1ccc(B2OC(C)(C)C(C)(C)O2)cc1)N(N)C(=O)C1(NC(=O)OC(C)(C)C)CCCCC1. The Bertz CT molecular complexity index is 996. The molecule has 1 saturated carbocycles. The van der Waals surface area contributed by atoms with Crippen LogP contribution in [0.1, 0.15) is 97.9 Å². The van der Waals surface area contributed by atoms with Crippen molar-refractivity contribution in [3.8, 4) is 0 Å². The molecule has 1 atom stereocenters. The Morgan fingerprint density at radius 1 is 1.00 bits per heavy atom. The molecule has 2 fully saturated rings. The first-order valence-corrected chi connectivity index (χ1v) is 13.1. The highest BCUT2D eigenvalue weighted by Crippen LogP contribution is 2.36. The van der Waals surface area contributed by atoms with Crippen molar-refractivity contribution in [3.63, 3.8) is 0 Å². The molecule has 0 radical (unpaired) electrons. The summed E-state index contributed by atoms with van der Waals surface area (Å²) in [6, 6.07) is 6.02. The van der Waals surface area contributed by atoms with E-state index in [9.17, 15) is 14.4 Å². The number of ketones is 1. The van der Waals surface area contributed by atoms with Crippen LogP contribution in [0.2, 0.25) is 0 Å². The van der Waals surface area contributed by atoms with E-state index in [-0.39, 0.29) is 5.78 Å². The highest BCUT2D eigenvalue weighted by Gasteiger charge is 2.51. The fourth-order valence-electron chi connectivity index (χ4n) is 4.62. The summed E-state index contributed by atoms with van der Waals surface area (Å²) in [6.45, 7) is 14.8. The monoisotopic (exact) mass is 515 g/mol. The quantitative estimate of drug-likeness (QED) is 0.196. The average Bonchev–Trinajstić information content (AvgIpc) is 3.03. The summed E-state index contributed by atoms with van der Waals surface area (Å²) in [4.78, 5) is 39.4. The van der Waals surface area contributed by atoms with Crippen molar-refractivity contribution in [2.24, 2.45) is 5.84 Å². The number of amides is 2. The number of nitrogens with one attached hydrogen (secondary N) is 1. The lowest BCUT2D eigenvalue weighted by atomic mass is 9.78. The Labute approximate surface area is 220 Å². The van der Waals surface area contributed by atoms with Gasteiger partial charge in [-0.15, -0.1) is 0 Å². The zero-order valence-electron chi connectivity index (χ0n) is 23.5. The maximum Gasteiger partial charge on any atom is 0.494 e. The summed E-state index contributed by atoms with van der Waals surface area (Å²) in [5, 5.41) is 3.74. The van der Waals surface area contributed by atoms with E-state index in [1.165, 1.54) is 0 Å². The van der Waals surface area contributed by atoms with E-state index in [4.69, 9.17) is 19.9 Å². The third-order valence-electron chi connectivity index (χ3n) is 7.61. The van der Waals surface area contributed by atoms with Crippen LogP contribution in [0.5, 0.6) is 0 Å². The molecule has 3 rings (SSSR count). The van der Waals surface area contributed by atoms with Gasteiger partial charge in [-0.1, -0.05) is 43.5 Å². The lowest BCUT2D eigenvalue weighted by molar-refractivity contribution is -0.141. The smallest absolute Gasteiger partial charge is 0.444 e. The number of hydrogen-bond donors (Lipinski definition) is 2. The Morgan fingerprint density at radius 3 is 2.00 bits per heavy atom. The fraction of sp³-hybridized carbons (Fsp3) is 0.667. The van der Waals surface area contributed by atoms with Gasteiger partial charge in [-0.2, -0.15) is 0 Å². The van der Waals surface area contributed by atoms with Crippen LogP contribution < -0.4 is 16.6 Å². The maximum absolute atomic E-state index is 13.6. The van der Waals surface area contributed by atoms with Crippen LogP contribution in [0.4, 0.5) is 4.79 Å². The van der Waals surface area contributed by atoms with Crippen LogP contribution in [0, 0.1) is 0 Å². The minimum Gasteiger partial charge on any atom is -0.444 e. The molecule has 37 heavy (non-hydrogen) atoms. The second-order valence-electron chi connectivity index (χ2n) is 12.2. The minimum absolute atomic E-state index is 0.306. The third-order valence-corrected chi connectivity index (χ3v) is 7.61. The maximum atomic E-state index is 13.6. The van der Waals surface area contributed by atoms with Gasteiger partial charge in [0.15, 0.2) is 5.78 Å².